The molecule has 0 aliphatic rings. The molecule has 0 aliphatic heterocycles. The van der Waals surface area contributed by atoms with Gasteiger partial charge in [0.05, 0.1) is 5.69 Å². The summed E-state index contributed by atoms with van der Waals surface area (Å²) in [4.78, 5) is 16.0. The van der Waals surface area contributed by atoms with Gasteiger partial charge in [0.15, 0.2) is 5.78 Å². The van der Waals surface area contributed by atoms with E-state index < -0.39 is 0 Å². The molecule has 0 radical (unpaired) electrons. The van der Waals surface area contributed by atoms with E-state index in [1.165, 1.54) is 0 Å². The molecule has 0 fully saturated rings. The topological polar surface area (TPSA) is 56.0 Å². The number of nitrogens with zero attached hydrogens (tertiary/aromatic N) is 1. The Labute approximate surface area is 97.9 Å². The second-order valence-corrected chi connectivity index (χ2v) is 4.25. The SMILES string of the molecule is NCc1cc(C(=O)Cc2ccsc2)ccn1. The van der Waals surface area contributed by atoms with Crippen molar-refractivity contribution in [3.63, 3.8) is 0 Å². The van der Waals surface area contributed by atoms with Crippen LogP contribution in [0.15, 0.2) is 35.2 Å². The number of rotatable bonds is 4. The smallest absolute Gasteiger partial charge is 0.167 e. The third-order valence-corrected chi connectivity index (χ3v) is 3.02. The summed E-state index contributed by atoms with van der Waals surface area (Å²) in [5.74, 6) is 0.107. The van der Waals surface area contributed by atoms with Gasteiger partial charge in [-0.1, -0.05) is 0 Å². The lowest BCUT2D eigenvalue weighted by Crippen LogP contribution is -2.06. The van der Waals surface area contributed by atoms with Gasteiger partial charge in [0, 0.05) is 24.7 Å². The molecular weight excluding hydrogens is 220 g/mol. The molecule has 82 valence electrons. The summed E-state index contributed by atoms with van der Waals surface area (Å²) in [5, 5.41) is 3.96. The summed E-state index contributed by atoms with van der Waals surface area (Å²) >= 11 is 1.60. The summed E-state index contributed by atoms with van der Waals surface area (Å²) in [6.45, 7) is 0.361. The van der Waals surface area contributed by atoms with Crippen molar-refractivity contribution in [2.24, 2.45) is 5.73 Å². The second-order valence-electron chi connectivity index (χ2n) is 3.47. The minimum absolute atomic E-state index is 0.107. The van der Waals surface area contributed by atoms with Gasteiger partial charge in [0.2, 0.25) is 0 Å². The first-order valence-corrected chi connectivity index (χ1v) is 5.93. The monoisotopic (exact) mass is 232 g/mol. The summed E-state index contributed by atoms with van der Waals surface area (Å²) in [6, 6.07) is 5.45. The van der Waals surface area contributed by atoms with E-state index in [1.54, 1.807) is 29.7 Å². The molecule has 2 aromatic rings. The van der Waals surface area contributed by atoms with Crippen LogP contribution in [0, 0.1) is 0 Å². The van der Waals surface area contributed by atoms with Crippen LogP contribution < -0.4 is 5.73 Å². The van der Waals surface area contributed by atoms with Gasteiger partial charge in [-0.25, -0.2) is 0 Å². The van der Waals surface area contributed by atoms with Crippen LogP contribution in [0.4, 0.5) is 0 Å². The largest absolute Gasteiger partial charge is 0.325 e. The Kier molecular flexibility index (Phi) is 3.44. The standard InChI is InChI=1S/C12H12N2OS/c13-7-11-6-10(1-3-14-11)12(15)5-9-2-4-16-8-9/h1-4,6,8H,5,7,13H2. The van der Waals surface area contributed by atoms with Gasteiger partial charge in [0.25, 0.3) is 0 Å². The highest BCUT2D eigenvalue weighted by atomic mass is 32.1. The van der Waals surface area contributed by atoms with Crippen molar-refractivity contribution in [1.29, 1.82) is 0 Å². The minimum Gasteiger partial charge on any atom is -0.325 e. The Morgan fingerprint density at radius 3 is 3.00 bits per heavy atom. The third kappa shape index (κ3) is 2.53. The van der Waals surface area contributed by atoms with Gasteiger partial charge in [-0.3, -0.25) is 9.78 Å². The van der Waals surface area contributed by atoms with E-state index in [1.807, 2.05) is 16.8 Å². The number of carbonyl (C=O) groups is 1. The van der Waals surface area contributed by atoms with E-state index in [-0.39, 0.29) is 5.78 Å². The molecule has 0 bridgehead atoms. The number of Topliss-reactive ketones (excluding diaryl/α,β-unsaturated/α-hetero) is 1. The second kappa shape index (κ2) is 5.01. The quantitative estimate of drug-likeness (QED) is 0.820. The molecule has 0 saturated heterocycles. The molecule has 0 spiro atoms. The molecule has 2 heterocycles. The van der Waals surface area contributed by atoms with Crippen LogP contribution in [0.2, 0.25) is 0 Å². The highest BCUT2D eigenvalue weighted by Crippen LogP contribution is 2.11. The number of aromatic nitrogens is 1. The number of pyridine rings is 1. The fourth-order valence-corrected chi connectivity index (χ4v) is 2.11. The van der Waals surface area contributed by atoms with Crippen molar-refractivity contribution in [1.82, 2.24) is 4.98 Å². The number of thiophene rings is 1. The molecule has 0 aromatic carbocycles. The van der Waals surface area contributed by atoms with Gasteiger partial charge >= 0.3 is 0 Å². The fourth-order valence-electron chi connectivity index (χ4n) is 1.44. The molecule has 2 aromatic heterocycles. The normalized spacial score (nSPS) is 10.3. The van der Waals surface area contributed by atoms with Crippen molar-refractivity contribution < 1.29 is 4.79 Å². The number of ketones is 1. The van der Waals surface area contributed by atoms with Crippen molar-refractivity contribution in [3.05, 3.63) is 52.0 Å². The Hall–Kier alpha value is -1.52. The molecule has 4 heteroatoms. The van der Waals surface area contributed by atoms with E-state index in [0.29, 0.717) is 18.5 Å². The highest BCUT2D eigenvalue weighted by molar-refractivity contribution is 7.08. The molecule has 0 amide bonds. The van der Waals surface area contributed by atoms with Crippen LogP contribution in [-0.4, -0.2) is 10.8 Å². The number of carbonyl (C=O) groups excluding carboxylic acids is 1. The minimum atomic E-state index is 0.107. The average molecular weight is 232 g/mol. The summed E-state index contributed by atoms with van der Waals surface area (Å²) < 4.78 is 0. The van der Waals surface area contributed by atoms with E-state index in [9.17, 15) is 4.79 Å². The zero-order valence-electron chi connectivity index (χ0n) is 8.72. The Bertz CT molecular complexity index is 480. The van der Waals surface area contributed by atoms with Gasteiger partial charge < -0.3 is 5.73 Å². The van der Waals surface area contributed by atoms with Gasteiger partial charge in [-0.05, 0) is 34.5 Å². The summed E-state index contributed by atoms with van der Waals surface area (Å²) in [7, 11) is 0. The zero-order valence-corrected chi connectivity index (χ0v) is 9.54. The van der Waals surface area contributed by atoms with E-state index in [0.717, 1.165) is 11.3 Å². The predicted octanol–water partition coefficient (Wildman–Crippen LogP) is 2.03. The summed E-state index contributed by atoms with van der Waals surface area (Å²) in [6.07, 6.45) is 2.07. The highest BCUT2D eigenvalue weighted by Gasteiger charge is 2.08. The lowest BCUT2D eigenvalue weighted by Gasteiger charge is -2.01. The van der Waals surface area contributed by atoms with Crippen molar-refractivity contribution in [3.8, 4) is 0 Å². The maximum atomic E-state index is 11.9. The molecule has 0 aliphatic carbocycles. The number of hydrogen-bond acceptors (Lipinski definition) is 4. The first kappa shape index (κ1) is 11.0. The molecule has 0 atom stereocenters. The molecule has 2 N–H and O–H groups in total. The van der Waals surface area contributed by atoms with Gasteiger partial charge in [-0.15, -0.1) is 0 Å². The van der Waals surface area contributed by atoms with Crippen LogP contribution in [0.25, 0.3) is 0 Å². The van der Waals surface area contributed by atoms with E-state index in [2.05, 4.69) is 4.98 Å². The number of nitrogens with two attached hydrogens (primary N) is 1. The Morgan fingerprint density at radius 1 is 1.44 bits per heavy atom. The molecule has 0 saturated carbocycles. The van der Waals surface area contributed by atoms with Crippen molar-refractivity contribution in [2.45, 2.75) is 13.0 Å². The van der Waals surface area contributed by atoms with Crippen LogP contribution in [0.3, 0.4) is 0 Å². The van der Waals surface area contributed by atoms with E-state index >= 15 is 0 Å². The van der Waals surface area contributed by atoms with Crippen LogP contribution in [0.5, 0.6) is 0 Å². The van der Waals surface area contributed by atoms with Crippen LogP contribution in [0.1, 0.15) is 21.6 Å². The molecule has 3 nitrogen and oxygen atoms in total. The van der Waals surface area contributed by atoms with Gasteiger partial charge in [0.1, 0.15) is 0 Å². The predicted molar refractivity (Wildman–Crippen MR) is 64.5 cm³/mol. The number of hydrogen-bond donors (Lipinski definition) is 1. The lowest BCUT2D eigenvalue weighted by atomic mass is 10.1. The first-order chi connectivity index (χ1) is 7.79. The third-order valence-electron chi connectivity index (χ3n) is 2.29. The molecule has 16 heavy (non-hydrogen) atoms. The van der Waals surface area contributed by atoms with Crippen molar-refractivity contribution >= 4 is 17.1 Å². The van der Waals surface area contributed by atoms with E-state index in [4.69, 9.17) is 5.73 Å². The Morgan fingerprint density at radius 2 is 2.31 bits per heavy atom. The maximum Gasteiger partial charge on any atom is 0.167 e. The average Bonchev–Trinajstić information content (AvgIpc) is 2.82. The molecule has 2 rings (SSSR count). The lowest BCUT2D eigenvalue weighted by molar-refractivity contribution is 0.0993. The zero-order chi connectivity index (χ0) is 11.4. The van der Waals surface area contributed by atoms with Gasteiger partial charge in [-0.2, -0.15) is 11.3 Å². The maximum absolute atomic E-state index is 11.9. The van der Waals surface area contributed by atoms with Crippen LogP contribution >= 0.6 is 11.3 Å². The van der Waals surface area contributed by atoms with Crippen LogP contribution in [-0.2, 0) is 13.0 Å². The molecular formula is C12H12N2OS. The molecule has 0 unspecified atom stereocenters. The Balaban J connectivity index is 2.14. The fraction of sp³-hybridized carbons (Fsp3) is 0.167. The van der Waals surface area contributed by atoms with Crippen molar-refractivity contribution in [2.75, 3.05) is 0 Å². The first-order valence-electron chi connectivity index (χ1n) is 4.99. The summed E-state index contributed by atoms with van der Waals surface area (Å²) in [5.41, 5.74) is 7.97.